The van der Waals surface area contributed by atoms with Crippen LogP contribution >= 0.6 is 0 Å². The molecule has 0 aromatic carbocycles. The van der Waals surface area contributed by atoms with Crippen molar-refractivity contribution in [3.8, 4) is 0 Å². The standard InChI is InChI=1S/C10H14O3/c11-10-3-5-12-7-8(10)6-9-2-1-4-13-9/h1-2,4,8,10-11H,3,5-7H2. The second kappa shape index (κ2) is 3.94. The number of ether oxygens (including phenoxy) is 1. The molecule has 0 amide bonds. The van der Waals surface area contributed by atoms with E-state index in [0.717, 1.165) is 18.6 Å². The number of aliphatic hydroxyl groups is 1. The number of rotatable bonds is 2. The zero-order valence-corrected chi connectivity index (χ0v) is 7.48. The molecular weight excluding hydrogens is 168 g/mol. The van der Waals surface area contributed by atoms with Crippen molar-refractivity contribution in [3.05, 3.63) is 24.2 Å². The van der Waals surface area contributed by atoms with Crippen LogP contribution in [0.1, 0.15) is 12.2 Å². The maximum absolute atomic E-state index is 9.65. The zero-order chi connectivity index (χ0) is 9.10. The van der Waals surface area contributed by atoms with E-state index in [4.69, 9.17) is 9.15 Å². The van der Waals surface area contributed by atoms with E-state index < -0.39 is 0 Å². The van der Waals surface area contributed by atoms with Crippen LogP contribution in [0.5, 0.6) is 0 Å². The summed E-state index contributed by atoms with van der Waals surface area (Å²) >= 11 is 0. The molecule has 1 aromatic heterocycles. The van der Waals surface area contributed by atoms with Crippen molar-refractivity contribution < 1.29 is 14.3 Å². The van der Waals surface area contributed by atoms with Crippen molar-refractivity contribution in [1.29, 1.82) is 0 Å². The summed E-state index contributed by atoms with van der Waals surface area (Å²) in [5, 5.41) is 9.65. The lowest BCUT2D eigenvalue weighted by Gasteiger charge is -2.26. The highest BCUT2D eigenvalue weighted by Crippen LogP contribution is 2.19. The maximum atomic E-state index is 9.65. The minimum Gasteiger partial charge on any atom is -0.469 e. The van der Waals surface area contributed by atoms with Gasteiger partial charge in [0.2, 0.25) is 0 Å². The first kappa shape index (κ1) is 8.78. The van der Waals surface area contributed by atoms with E-state index in [0.29, 0.717) is 13.2 Å². The Hall–Kier alpha value is -0.800. The van der Waals surface area contributed by atoms with Gasteiger partial charge in [-0.25, -0.2) is 0 Å². The first-order valence-corrected chi connectivity index (χ1v) is 4.64. The summed E-state index contributed by atoms with van der Waals surface area (Å²) in [6, 6.07) is 3.80. The number of hydrogen-bond acceptors (Lipinski definition) is 3. The summed E-state index contributed by atoms with van der Waals surface area (Å²) in [6.07, 6.45) is 2.93. The second-order valence-corrected chi connectivity index (χ2v) is 3.47. The van der Waals surface area contributed by atoms with Crippen LogP contribution in [0.2, 0.25) is 0 Å². The lowest BCUT2D eigenvalue weighted by molar-refractivity contribution is -0.0365. The van der Waals surface area contributed by atoms with E-state index in [1.54, 1.807) is 6.26 Å². The van der Waals surface area contributed by atoms with Gasteiger partial charge in [-0.2, -0.15) is 0 Å². The SMILES string of the molecule is OC1CCOCC1Cc1ccco1. The lowest BCUT2D eigenvalue weighted by Crippen LogP contribution is -2.33. The lowest BCUT2D eigenvalue weighted by atomic mass is 9.94. The van der Waals surface area contributed by atoms with Gasteiger partial charge < -0.3 is 14.3 Å². The Morgan fingerprint density at radius 3 is 3.15 bits per heavy atom. The fraction of sp³-hybridized carbons (Fsp3) is 0.600. The molecule has 0 saturated carbocycles. The summed E-state index contributed by atoms with van der Waals surface area (Å²) in [5.74, 6) is 1.12. The average molecular weight is 182 g/mol. The molecule has 0 aliphatic carbocycles. The van der Waals surface area contributed by atoms with Crippen LogP contribution in [0, 0.1) is 5.92 Å². The summed E-state index contributed by atoms with van der Waals surface area (Å²) < 4.78 is 10.5. The van der Waals surface area contributed by atoms with Crippen molar-refractivity contribution in [3.63, 3.8) is 0 Å². The highest BCUT2D eigenvalue weighted by molar-refractivity contribution is 5.00. The van der Waals surface area contributed by atoms with Crippen molar-refractivity contribution >= 4 is 0 Å². The van der Waals surface area contributed by atoms with Gasteiger partial charge in [-0.15, -0.1) is 0 Å². The molecule has 2 unspecified atom stereocenters. The predicted molar refractivity (Wildman–Crippen MR) is 47.3 cm³/mol. The van der Waals surface area contributed by atoms with E-state index in [1.165, 1.54) is 0 Å². The summed E-state index contributed by atoms with van der Waals surface area (Å²) in [7, 11) is 0. The Bertz CT molecular complexity index is 243. The number of hydrogen-bond donors (Lipinski definition) is 1. The Balaban J connectivity index is 1.93. The van der Waals surface area contributed by atoms with Crippen LogP contribution in [0.3, 0.4) is 0 Å². The van der Waals surface area contributed by atoms with E-state index in [1.807, 2.05) is 12.1 Å². The molecule has 1 fully saturated rings. The quantitative estimate of drug-likeness (QED) is 0.747. The molecule has 13 heavy (non-hydrogen) atoms. The minimum atomic E-state index is -0.237. The molecule has 0 radical (unpaired) electrons. The molecule has 1 aliphatic heterocycles. The highest BCUT2D eigenvalue weighted by Gasteiger charge is 2.24. The average Bonchev–Trinajstić information content (AvgIpc) is 2.61. The van der Waals surface area contributed by atoms with Crippen molar-refractivity contribution in [2.45, 2.75) is 18.9 Å². The number of furan rings is 1. The van der Waals surface area contributed by atoms with Crippen LogP contribution in [-0.4, -0.2) is 24.4 Å². The molecule has 3 nitrogen and oxygen atoms in total. The Morgan fingerprint density at radius 1 is 1.54 bits per heavy atom. The maximum Gasteiger partial charge on any atom is 0.104 e. The van der Waals surface area contributed by atoms with Gasteiger partial charge in [-0.05, 0) is 18.6 Å². The first-order chi connectivity index (χ1) is 6.36. The molecule has 1 saturated heterocycles. The molecule has 0 bridgehead atoms. The van der Waals surface area contributed by atoms with E-state index in [9.17, 15) is 5.11 Å². The fourth-order valence-electron chi connectivity index (χ4n) is 1.67. The normalized spacial score (nSPS) is 29.0. The minimum absolute atomic E-state index is 0.194. The van der Waals surface area contributed by atoms with Gasteiger partial charge in [0.25, 0.3) is 0 Å². The Kier molecular flexibility index (Phi) is 2.66. The highest BCUT2D eigenvalue weighted by atomic mass is 16.5. The molecule has 2 atom stereocenters. The van der Waals surface area contributed by atoms with Crippen molar-refractivity contribution in [1.82, 2.24) is 0 Å². The van der Waals surface area contributed by atoms with Gasteiger partial charge in [-0.1, -0.05) is 0 Å². The summed E-state index contributed by atoms with van der Waals surface area (Å²) in [6.45, 7) is 1.32. The third-order valence-corrected chi connectivity index (χ3v) is 2.48. The molecular formula is C10H14O3. The number of aliphatic hydroxyl groups excluding tert-OH is 1. The van der Waals surface area contributed by atoms with E-state index in [-0.39, 0.29) is 12.0 Å². The van der Waals surface area contributed by atoms with Crippen LogP contribution in [0.15, 0.2) is 22.8 Å². The van der Waals surface area contributed by atoms with Crippen LogP contribution in [0.4, 0.5) is 0 Å². The molecule has 72 valence electrons. The molecule has 3 heteroatoms. The molecule has 0 spiro atoms. The van der Waals surface area contributed by atoms with Crippen molar-refractivity contribution in [2.24, 2.45) is 5.92 Å². The molecule has 1 N–H and O–H groups in total. The van der Waals surface area contributed by atoms with Crippen LogP contribution in [-0.2, 0) is 11.2 Å². The van der Waals surface area contributed by atoms with Gasteiger partial charge in [0, 0.05) is 18.9 Å². The topological polar surface area (TPSA) is 42.6 Å². The molecule has 1 aromatic rings. The van der Waals surface area contributed by atoms with Gasteiger partial charge in [-0.3, -0.25) is 0 Å². The van der Waals surface area contributed by atoms with Gasteiger partial charge in [0.05, 0.1) is 19.0 Å². The van der Waals surface area contributed by atoms with Crippen LogP contribution < -0.4 is 0 Å². The largest absolute Gasteiger partial charge is 0.469 e. The molecule has 2 rings (SSSR count). The van der Waals surface area contributed by atoms with Crippen molar-refractivity contribution in [2.75, 3.05) is 13.2 Å². The monoisotopic (exact) mass is 182 g/mol. The third-order valence-electron chi connectivity index (χ3n) is 2.48. The van der Waals surface area contributed by atoms with Gasteiger partial charge in [0.15, 0.2) is 0 Å². The van der Waals surface area contributed by atoms with Gasteiger partial charge >= 0.3 is 0 Å². The third kappa shape index (κ3) is 2.11. The Labute approximate surface area is 77.3 Å². The second-order valence-electron chi connectivity index (χ2n) is 3.47. The predicted octanol–water partition coefficient (Wildman–Crippen LogP) is 1.22. The van der Waals surface area contributed by atoms with E-state index in [2.05, 4.69) is 0 Å². The molecule has 2 heterocycles. The first-order valence-electron chi connectivity index (χ1n) is 4.64. The summed E-state index contributed by atoms with van der Waals surface area (Å²) in [5.41, 5.74) is 0. The summed E-state index contributed by atoms with van der Waals surface area (Å²) in [4.78, 5) is 0. The smallest absolute Gasteiger partial charge is 0.104 e. The van der Waals surface area contributed by atoms with Gasteiger partial charge in [0.1, 0.15) is 5.76 Å². The Morgan fingerprint density at radius 2 is 2.46 bits per heavy atom. The fourth-order valence-corrected chi connectivity index (χ4v) is 1.67. The zero-order valence-electron chi connectivity index (χ0n) is 7.48. The van der Waals surface area contributed by atoms with E-state index >= 15 is 0 Å². The van der Waals surface area contributed by atoms with Crippen LogP contribution in [0.25, 0.3) is 0 Å². The molecule has 1 aliphatic rings.